The van der Waals surface area contributed by atoms with Crippen LogP contribution in [0.5, 0.6) is 0 Å². The van der Waals surface area contributed by atoms with Gasteiger partial charge in [-0.1, -0.05) is 24.3 Å². The van der Waals surface area contributed by atoms with Gasteiger partial charge in [-0.15, -0.1) is 5.10 Å². The lowest BCUT2D eigenvalue weighted by atomic mass is 9.77. The van der Waals surface area contributed by atoms with Crippen molar-refractivity contribution in [1.82, 2.24) is 20.5 Å². The molecule has 20 heavy (non-hydrogen) atoms. The minimum absolute atomic E-state index is 0.183. The third kappa shape index (κ3) is 1.99. The molecule has 1 aromatic heterocycles. The van der Waals surface area contributed by atoms with E-state index in [0.717, 1.165) is 25.1 Å². The number of carbonyl (C=O) groups excluding carboxylic acids is 1. The average molecular weight is 268 g/mol. The molecule has 5 heteroatoms. The van der Waals surface area contributed by atoms with Crippen molar-refractivity contribution in [3.8, 4) is 0 Å². The molecule has 1 saturated carbocycles. The number of nitrogens with one attached hydrogen (secondary N) is 2. The molecule has 2 N–H and O–H groups in total. The Morgan fingerprint density at radius 1 is 1.35 bits per heavy atom. The van der Waals surface area contributed by atoms with Gasteiger partial charge in [0.1, 0.15) is 5.82 Å². The van der Waals surface area contributed by atoms with Gasteiger partial charge in [0.05, 0.1) is 0 Å². The Kier molecular flexibility index (Phi) is 2.58. The first-order chi connectivity index (χ1) is 9.81. The second kappa shape index (κ2) is 4.44. The van der Waals surface area contributed by atoms with E-state index in [1.807, 2.05) is 6.07 Å². The quantitative estimate of drug-likeness (QED) is 0.887. The van der Waals surface area contributed by atoms with Crippen molar-refractivity contribution in [3.05, 3.63) is 47.0 Å². The highest BCUT2D eigenvalue weighted by Gasteiger charge is 2.29. The van der Waals surface area contributed by atoms with E-state index in [4.69, 9.17) is 0 Å². The summed E-state index contributed by atoms with van der Waals surface area (Å²) in [6, 6.07) is 8.38. The Balaban J connectivity index is 1.36. The van der Waals surface area contributed by atoms with Crippen molar-refractivity contribution in [2.75, 3.05) is 6.54 Å². The fourth-order valence-electron chi connectivity index (χ4n) is 2.75. The summed E-state index contributed by atoms with van der Waals surface area (Å²) in [4.78, 5) is 16.3. The maximum atomic E-state index is 12.0. The Hall–Kier alpha value is -2.17. The maximum Gasteiger partial charge on any atom is 0.290 e. The largest absolute Gasteiger partial charge is 0.349 e. The van der Waals surface area contributed by atoms with E-state index in [9.17, 15) is 4.79 Å². The average Bonchev–Trinajstić information content (AvgIpc) is 3.17. The second-order valence-electron chi connectivity index (χ2n) is 5.63. The van der Waals surface area contributed by atoms with Gasteiger partial charge < -0.3 is 5.32 Å². The highest BCUT2D eigenvalue weighted by molar-refractivity contribution is 5.90. The van der Waals surface area contributed by atoms with Gasteiger partial charge in [-0.2, -0.15) is 0 Å². The molecule has 1 fully saturated rings. The van der Waals surface area contributed by atoms with Crippen molar-refractivity contribution in [2.45, 2.75) is 31.1 Å². The summed E-state index contributed by atoms with van der Waals surface area (Å²) in [6.07, 6.45) is 3.34. The van der Waals surface area contributed by atoms with Gasteiger partial charge in [0.2, 0.25) is 5.82 Å². The van der Waals surface area contributed by atoms with Gasteiger partial charge >= 0.3 is 0 Å². The molecule has 0 bridgehead atoms. The highest BCUT2D eigenvalue weighted by atomic mass is 16.2. The zero-order chi connectivity index (χ0) is 13.5. The van der Waals surface area contributed by atoms with E-state index < -0.39 is 0 Å². The number of aromatic nitrogens is 3. The molecule has 1 unspecified atom stereocenters. The number of benzene rings is 1. The molecule has 1 heterocycles. The minimum atomic E-state index is -0.183. The first kappa shape index (κ1) is 11.6. The number of nitrogens with zero attached hydrogens (tertiary/aromatic N) is 2. The second-order valence-corrected chi connectivity index (χ2v) is 5.63. The van der Waals surface area contributed by atoms with E-state index in [0.29, 0.717) is 18.4 Å². The normalized spacial score (nSPS) is 20.1. The molecule has 0 spiro atoms. The van der Waals surface area contributed by atoms with Gasteiger partial charge in [0.25, 0.3) is 5.91 Å². The first-order valence-corrected chi connectivity index (χ1v) is 7.09. The molecule has 5 nitrogen and oxygen atoms in total. The van der Waals surface area contributed by atoms with Crippen molar-refractivity contribution < 1.29 is 4.79 Å². The first-order valence-electron chi connectivity index (χ1n) is 7.09. The summed E-state index contributed by atoms with van der Waals surface area (Å²) >= 11 is 0. The Labute approximate surface area is 116 Å². The summed E-state index contributed by atoms with van der Waals surface area (Å²) in [5.41, 5.74) is 2.74. The lowest BCUT2D eigenvalue weighted by molar-refractivity contribution is 0.0940. The summed E-state index contributed by atoms with van der Waals surface area (Å²) in [5, 5.41) is 9.78. The van der Waals surface area contributed by atoms with Crippen LogP contribution in [0.1, 0.15) is 52.2 Å². The van der Waals surface area contributed by atoms with Gasteiger partial charge in [-0.3, -0.25) is 9.89 Å². The van der Waals surface area contributed by atoms with E-state index in [-0.39, 0.29) is 11.7 Å². The van der Waals surface area contributed by atoms with Crippen molar-refractivity contribution in [1.29, 1.82) is 0 Å². The number of H-pyrrole nitrogens is 1. The van der Waals surface area contributed by atoms with Crippen LogP contribution in [-0.2, 0) is 6.42 Å². The Morgan fingerprint density at radius 2 is 2.20 bits per heavy atom. The molecule has 0 aliphatic heterocycles. The molecular formula is C15H16N4O. The van der Waals surface area contributed by atoms with Crippen LogP contribution in [-0.4, -0.2) is 27.6 Å². The molecule has 2 aliphatic rings. The number of amides is 1. The fourth-order valence-corrected chi connectivity index (χ4v) is 2.75. The lowest BCUT2D eigenvalue weighted by Crippen LogP contribution is -2.33. The summed E-state index contributed by atoms with van der Waals surface area (Å²) in [5.74, 6) is 1.85. The molecular weight excluding hydrogens is 252 g/mol. The molecule has 0 saturated heterocycles. The molecule has 2 aliphatic carbocycles. The predicted octanol–water partition coefficient (Wildman–Crippen LogP) is 1.75. The summed E-state index contributed by atoms with van der Waals surface area (Å²) in [6.45, 7) is 0.656. The maximum absolute atomic E-state index is 12.0. The molecule has 1 amide bonds. The van der Waals surface area contributed by atoms with E-state index in [2.05, 4.69) is 38.7 Å². The standard InChI is InChI=1S/C15H16N4O/c20-15(14-17-13(18-19-14)9-5-6-9)16-8-11-7-10-3-1-2-4-12(10)11/h1-4,9,11H,5-8H2,(H,16,20)(H,17,18,19). The van der Waals surface area contributed by atoms with Gasteiger partial charge in [-0.05, 0) is 30.4 Å². The highest BCUT2D eigenvalue weighted by Crippen LogP contribution is 2.37. The number of rotatable bonds is 4. The van der Waals surface area contributed by atoms with Crippen molar-refractivity contribution in [3.63, 3.8) is 0 Å². The van der Waals surface area contributed by atoms with Crippen LogP contribution in [0.4, 0.5) is 0 Å². The molecule has 2 aromatic rings. The zero-order valence-electron chi connectivity index (χ0n) is 11.1. The van der Waals surface area contributed by atoms with Crippen LogP contribution in [0.25, 0.3) is 0 Å². The summed E-state index contributed by atoms with van der Waals surface area (Å²) < 4.78 is 0. The van der Waals surface area contributed by atoms with Crippen LogP contribution in [0.3, 0.4) is 0 Å². The smallest absolute Gasteiger partial charge is 0.290 e. The predicted molar refractivity (Wildman–Crippen MR) is 73.6 cm³/mol. The number of hydrogen-bond acceptors (Lipinski definition) is 3. The number of hydrogen-bond donors (Lipinski definition) is 2. The van der Waals surface area contributed by atoms with Gasteiger partial charge in [0.15, 0.2) is 0 Å². The molecule has 102 valence electrons. The van der Waals surface area contributed by atoms with Crippen LogP contribution in [0, 0.1) is 0 Å². The van der Waals surface area contributed by atoms with Crippen molar-refractivity contribution >= 4 is 5.91 Å². The molecule has 0 radical (unpaired) electrons. The Morgan fingerprint density at radius 3 is 3.00 bits per heavy atom. The van der Waals surface area contributed by atoms with Crippen LogP contribution < -0.4 is 5.32 Å². The fraction of sp³-hybridized carbons (Fsp3) is 0.400. The number of aromatic amines is 1. The Bertz CT molecular complexity index is 659. The molecule has 1 aromatic carbocycles. The van der Waals surface area contributed by atoms with Crippen LogP contribution in [0.2, 0.25) is 0 Å². The summed E-state index contributed by atoms with van der Waals surface area (Å²) in [7, 11) is 0. The molecule has 1 atom stereocenters. The van der Waals surface area contributed by atoms with E-state index in [1.165, 1.54) is 11.1 Å². The number of carbonyl (C=O) groups is 1. The third-order valence-corrected chi connectivity index (χ3v) is 4.14. The third-order valence-electron chi connectivity index (χ3n) is 4.14. The topological polar surface area (TPSA) is 70.7 Å². The number of fused-ring (bicyclic) bond motifs is 1. The zero-order valence-corrected chi connectivity index (χ0v) is 11.1. The monoisotopic (exact) mass is 268 g/mol. The van der Waals surface area contributed by atoms with E-state index >= 15 is 0 Å². The van der Waals surface area contributed by atoms with Gasteiger partial charge in [0, 0.05) is 18.4 Å². The van der Waals surface area contributed by atoms with Crippen LogP contribution in [0.15, 0.2) is 24.3 Å². The molecule has 4 rings (SSSR count). The lowest BCUT2D eigenvalue weighted by Gasteiger charge is -2.29. The van der Waals surface area contributed by atoms with Gasteiger partial charge in [-0.25, -0.2) is 4.98 Å². The minimum Gasteiger partial charge on any atom is -0.349 e. The SMILES string of the molecule is O=C(NCC1Cc2ccccc21)c1n[nH]c(C2CC2)n1. The van der Waals surface area contributed by atoms with E-state index in [1.54, 1.807) is 0 Å². The van der Waals surface area contributed by atoms with Crippen LogP contribution >= 0.6 is 0 Å². The van der Waals surface area contributed by atoms with Crippen molar-refractivity contribution in [2.24, 2.45) is 0 Å².